The Labute approximate surface area is 121 Å². The minimum absolute atomic E-state index is 0.0168. The van der Waals surface area contributed by atoms with E-state index < -0.39 is 0 Å². The summed E-state index contributed by atoms with van der Waals surface area (Å²) >= 11 is 0. The minimum Gasteiger partial charge on any atom is -0.487 e. The highest BCUT2D eigenvalue weighted by Gasteiger charge is 2.41. The lowest BCUT2D eigenvalue weighted by molar-refractivity contribution is -0.00392. The topological polar surface area (TPSA) is 41.5 Å². The maximum absolute atomic E-state index is 9.54. The van der Waals surface area contributed by atoms with Crippen LogP contribution in [0.1, 0.15) is 57.1 Å². The van der Waals surface area contributed by atoms with Crippen molar-refractivity contribution in [3.63, 3.8) is 0 Å². The van der Waals surface area contributed by atoms with Crippen molar-refractivity contribution < 1.29 is 9.84 Å². The summed E-state index contributed by atoms with van der Waals surface area (Å²) in [6, 6.07) is 8.64. The maximum atomic E-state index is 9.54. The molecular formula is C17H25NO2. The van der Waals surface area contributed by atoms with Crippen molar-refractivity contribution in [3.05, 3.63) is 29.8 Å². The lowest BCUT2D eigenvalue weighted by atomic mass is 9.77. The lowest BCUT2D eigenvalue weighted by Crippen LogP contribution is -2.46. The largest absolute Gasteiger partial charge is 0.487 e. The van der Waals surface area contributed by atoms with E-state index in [0.29, 0.717) is 12.6 Å². The van der Waals surface area contributed by atoms with Gasteiger partial charge in [-0.1, -0.05) is 24.6 Å². The van der Waals surface area contributed by atoms with Crippen molar-refractivity contribution in [2.75, 3.05) is 6.54 Å². The molecule has 3 nitrogen and oxygen atoms in total. The first-order valence-corrected chi connectivity index (χ1v) is 7.88. The molecule has 20 heavy (non-hydrogen) atoms. The van der Waals surface area contributed by atoms with Crippen molar-refractivity contribution in [2.24, 2.45) is 0 Å². The van der Waals surface area contributed by atoms with Crippen LogP contribution in [0.2, 0.25) is 0 Å². The van der Waals surface area contributed by atoms with Gasteiger partial charge in [0.15, 0.2) is 0 Å². The Balaban J connectivity index is 1.84. The molecule has 2 atom stereocenters. The number of para-hydroxylation sites is 1. The molecule has 2 aliphatic rings. The van der Waals surface area contributed by atoms with Gasteiger partial charge in [0, 0.05) is 24.6 Å². The molecule has 3 rings (SSSR count). The number of hydrogen-bond acceptors (Lipinski definition) is 3. The van der Waals surface area contributed by atoms with E-state index in [9.17, 15) is 5.11 Å². The molecular weight excluding hydrogens is 250 g/mol. The summed E-state index contributed by atoms with van der Waals surface area (Å²) in [6.07, 6.45) is 6.90. The number of nitrogens with one attached hydrogen (secondary N) is 1. The average molecular weight is 275 g/mol. The zero-order valence-corrected chi connectivity index (χ0v) is 12.3. The predicted molar refractivity (Wildman–Crippen MR) is 79.9 cm³/mol. The van der Waals surface area contributed by atoms with Crippen LogP contribution in [0.25, 0.3) is 0 Å². The van der Waals surface area contributed by atoms with Gasteiger partial charge < -0.3 is 15.2 Å². The van der Waals surface area contributed by atoms with Crippen molar-refractivity contribution in [3.8, 4) is 5.75 Å². The Morgan fingerprint density at radius 1 is 1.30 bits per heavy atom. The summed E-state index contributed by atoms with van der Waals surface area (Å²) in [7, 11) is 0. The third-order valence-electron chi connectivity index (χ3n) is 4.62. The van der Waals surface area contributed by atoms with Crippen LogP contribution in [-0.4, -0.2) is 23.4 Å². The standard InChI is InChI=1S/C17H25NO2/c1-13(19)12-18-15-11-17(9-5-2-6-10-17)20-16-8-4-3-7-14(15)16/h3-4,7-8,13,15,18-19H,2,5-6,9-12H2,1H3. The number of hydrogen-bond donors (Lipinski definition) is 2. The van der Waals surface area contributed by atoms with E-state index in [1.807, 2.05) is 13.0 Å². The van der Waals surface area contributed by atoms with E-state index in [1.165, 1.54) is 24.8 Å². The Morgan fingerprint density at radius 3 is 2.80 bits per heavy atom. The van der Waals surface area contributed by atoms with E-state index in [4.69, 9.17) is 4.74 Å². The molecule has 1 saturated carbocycles. The van der Waals surface area contributed by atoms with Gasteiger partial charge in [-0.15, -0.1) is 0 Å². The molecule has 1 heterocycles. The quantitative estimate of drug-likeness (QED) is 0.890. The third-order valence-corrected chi connectivity index (χ3v) is 4.62. The summed E-state index contributed by atoms with van der Waals surface area (Å²) in [5.41, 5.74) is 1.26. The van der Waals surface area contributed by atoms with Gasteiger partial charge in [0.25, 0.3) is 0 Å². The third kappa shape index (κ3) is 2.84. The molecule has 0 bridgehead atoms. The molecule has 0 amide bonds. The fourth-order valence-electron chi connectivity index (χ4n) is 3.62. The molecule has 0 saturated heterocycles. The maximum Gasteiger partial charge on any atom is 0.124 e. The van der Waals surface area contributed by atoms with Gasteiger partial charge in [-0.25, -0.2) is 0 Å². The smallest absolute Gasteiger partial charge is 0.124 e. The van der Waals surface area contributed by atoms with E-state index >= 15 is 0 Å². The van der Waals surface area contributed by atoms with Gasteiger partial charge in [-0.3, -0.25) is 0 Å². The van der Waals surface area contributed by atoms with Crippen LogP contribution in [0.4, 0.5) is 0 Å². The fourth-order valence-corrected chi connectivity index (χ4v) is 3.62. The van der Waals surface area contributed by atoms with E-state index in [1.54, 1.807) is 0 Å². The van der Waals surface area contributed by atoms with Gasteiger partial charge in [0.1, 0.15) is 11.4 Å². The second kappa shape index (κ2) is 5.74. The van der Waals surface area contributed by atoms with E-state index in [-0.39, 0.29) is 11.7 Å². The molecule has 1 aromatic rings. The van der Waals surface area contributed by atoms with Crippen LogP contribution in [0.3, 0.4) is 0 Å². The predicted octanol–water partition coefficient (Wildman–Crippen LogP) is 3.18. The second-order valence-corrected chi connectivity index (χ2v) is 6.40. The Morgan fingerprint density at radius 2 is 2.05 bits per heavy atom. The molecule has 2 N–H and O–H groups in total. The lowest BCUT2D eigenvalue weighted by Gasteiger charge is -2.45. The Bertz CT molecular complexity index is 452. The molecule has 3 heteroatoms. The summed E-state index contributed by atoms with van der Waals surface area (Å²) in [4.78, 5) is 0. The number of aliphatic hydroxyl groups excluding tert-OH is 1. The Hall–Kier alpha value is -1.06. The normalized spacial score (nSPS) is 25.8. The average Bonchev–Trinajstić information content (AvgIpc) is 2.45. The van der Waals surface area contributed by atoms with Gasteiger partial charge in [-0.2, -0.15) is 0 Å². The first-order valence-electron chi connectivity index (χ1n) is 7.88. The van der Waals surface area contributed by atoms with Gasteiger partial charge in [0.2, 0.25) is 0 Å². The highest BCUT2D eigenvalue weighted by atomic mass is 16.5. The van der Waals surface area contributed by atoms with Crippen molar-refractivity contribution >= 4 is 0 Å². The molecule has 1 aliphatic heterocycles. The summed E-state index contributed by atoms with van der Waals surface area (Å²) in [5, 5.41) is 13.1. The van der Waals surface area contributed by atoms with Crippen molar-refractivity contribution in [1.82, 2.24) is 5.32 Å². The zero-order chi connectivity index (χ0) is 14.0. The minimum atomic E-state index is -0.313. The van der Waals surface area contributed by atoms with E-state index in [0.717, 1.165) is 25.0 Å². The molecule has 0 radical (unpaired) electrons. The second-order valence-electron chi connectivity index (χ2n) is 6.40. The van der Waals surface area contributed by atoms with Gasteiger partial charge >= 0.3 is 0 Å². The number of aliphatic hydroxyl groups is 1. The van der Waals surface area contributed by atoms with Crippen LogP contribution >= 0.6 is 0 Å². The molecule has 1 aliphatic carbocycles. The van der Waals surface area contributed by atoms with Gasteiger partial charge in [0.05, 0.1) is 6.10 Å². The highest BCUT2D eigenvalue weighted by molar-refractivity contribution is 5.39. The molecule has 1 spiro atoms. The molecule has 1 aromatic carbocycles. The van der Waals surface area contributed by atoms with Crippen LogP contribution < -0.4 is 10.1 Å². The number of rotatable bonds is 3. The van der Waals surface area contributed by atoms with Crippen LogP contribution in [0.15, 0.2) is 24.3 Å². The monoisotopic (exact) mass is 275 g/mol. The number of fused-ring (bicyclic) bond motifs is 1. The molecule has 2 unspecified atom stereocenters. The Kier molecular flexibility index (Phi) is 3.99. The molecule has 110 valence electrons. The summed E-state index contributed by atoms with van der Waals surface area (Å²) in [6.45, 7) is 2.46. The van der Waals surface area contributed by atoms with Crippen molar-refractivity contribution in [2.45, 2.75) is 63.2 Å². The SMILES string of the molecule is CC(O)CNC1CC2(CCCCC2)Oc2ccccc21. The first-order chi connectivity index (χ1) is 9.69. The highest BCUT2D eigenvalue weighted by Crippen LogP contribution is 2.45. The summed E-state index contributed by atoms with van der Waals surface area (Å²) < 4.78 is 6.39. The zero-order valence-electron chi connectivity index (χ0n) is 12.3. The molecule has 0 aromatic heterocycles. The van der Waals surface area contributed by atoms with Crippen LogP contribution in [0.5, 0.6) is 5.75 Å². The number of ether oxygens (including phenoxy) is 1. The van der Waals surface area contributed by atoms with Gasteiger partial charge in [-0.05, 0) is 38.7 Å². The van der Waals surface area contributed by atoms with E-state index in [2.05, 4.69) is 23.5 Å². The number of benzene rings is 1. The van der Waals surface area contributed by atoms with Crippen LogP contribution in [0, 0.1) is 0 Å². The fraction of sp³-hybridized carbons (Fsp3) is 0.647. The first kappa shape index (κ1) is 13.9. The van der Waals surface area contributed by atoms with Crippen LogP contribution in [-0.2, 0) is 0 Å². The summed E-state index contributed by atoms with van der Waals surface area (Å²) in [5.74, 6) is 1.03. The van der Waals surface area contributed by atoms with Crippen molar-refractivity contribution in [1.29, 1.82) is 0 Å². The molecule has 1 fully saturated rings.